The number of nitrogens with one attached hydrogen (secondary N) is 1. The summed E-state index contributed by atoms with van der Waals surface area (Å²) in [6.07, 6.45) is 3.27. The summed E-state index contributed by atoms with van der Waals surface area (Å²) < 4.78 is 1.70. The molecule has 1 aromatic heterocycles. The van der Waals surface area contributed by atoms with Crippen molar-refractivity contribution in [1.82, 2.24) is 19.7 Å². The van der Waals surface area contributed by atoms with Crippen molar-refractivity contribution < 1.29 is 9.59 Å². The molecule has 0 saturated carbocycles. The molecule has 0 bridgehead atoms. The number of hydrogen-bond acceptors (Lipinski definition) is 4. The molecular formula is C29H29N5O2. The highest BCUT2D eigenvalue weighted by Crippen LogP contribution is 2.24. The summed E-state index contributed by atoms with van der Waals surface area (Å²) in [4.78, 5) is 32.2. The third-order valence-electron chi connectivity index (χ3n) is 6.41. The van der Waals surface area contributed by atoms with E-state index < -0.39 is 0 Å². The van der Waals surface area contributed by atoms with E-state index in [-0.39, 0.29) is 18.4 Å². The second kappa shape index (κ2) is 10.6. The van der Waals surface area contributed by atoms with Gasteiger partial charge in [0.05, 0.1) is 0 Å². The molecule has 1 fully saturated rings. The van der Waals surface area contributed by atoms with Crippen molar-refractivity contribution in [2.24, 2.45) is 0 Å². The zero-order valence-electron chi connectivity index (χ0n) is 20.4. The van der Waals surface area contributed by atoms with E-state index in [0.717, 1.165) is 42.6 Å². The Morgan fingerprint density at radius 1 is 0.833 bits per heavy atom. The second-order valence-electron chi connectivity index (χ2n) is 9.12. The Hall–Kier alpha value is -4.26. The minimum absolute atomic E-state index is 0.0671. The summed E-state index contributed by atoms with van der Waals surface area (Å²) in [6.45, 7) is 3.75. The third kappa shape index (κ3) is 5.35. The summed E-state index contributed by atoms with van der Waals surface area (Å²) in [5, 5.41) is 7.63. The van der Waals surface area contributed by atoms with E-state index in [4.69, 9.17) is 10.1 Å². The van der Waals surface area contributed by atoms with Gasteiger partial charge in [0.2, 0.25) is 5.91 Å². The van der Waals surface area contributed by atoms with Gasteiger partial charge in [-0.05, 0) is 62.6 Å². The Labute approximate surface area is 210 Å². The Bertz CT molecular complexity index is 1340. The quantitative estimate of drug-likeness (QED) is 0.413. The minimum atomic E-state index is -0.159. The molecule has 2 amide bonds. The van der Waals surface area contributed by atoms with E-state index in [9.17, 15) is 9.59 Å². The smallest absolute Gasteiger partial charge is 0.255 e. The minimum Gasteiger partial charge on any atom is -0.341 e. The van der Waals surface area contributed by atoms with Crippen molar-refractivity contribution in [2.45, 2.75) is 32.7 Å². The van der Waals surface area contributed by atoms with E-state index in [1.165, 1.54) is 6.42 Å². The van der Waals surface area contributed by atoms with Crippen molar-refractivity contribution in [3.63, 3.8) is 0 Å². The van der Waals surface area contributed by atoms with Gasteiger partial charge in [-0.3, -0.25) is 9.59 Å². The van der Waals surface area contributed by atoms with Gasteiger partial charge in [-0.1, -0.05) is 48.0 Å². The molecule has 2 heterocycles. The van der Waals surface area contributed by atoms with Crippen molar-refractivity contribution in [2.75, 3.05) is 18.4 Å². The normalized spacial score (nSPS) is 13.4. The highest BCUT2D eigenvalue weighted by atomic mass is 16.2. The molecular weight excluding hydrogens is 450 g/mol. The number of aromatic nitrogens is 3. The number of carbonyl (C=O) groups excluding carboxylic acids is 2. The number of anilines is 1. The molecule has 7 nitrogen and oxygen atoms in total. The lowest BCUT2D eigenvalue weighted by Gasteiger charge is -2.26. The van der Waals surface area contributed by atoms with Gasteiger partial charge < -0.3 is 10.2 Å². The first-order valence-corrected chi connectivity index (χ1v) is 12.3. The molecule has 1 saturated heterocycles. The van der Waals surface area contributed by atoms with Crippen LogP contribution in [0.5, 0.6) is 0 Å². The molecule has 0 aliphatic carbocycles. The van der Waals surface area contributed by atoms with Crippen LogP contribution in [-0.2, 0) is 11.3 Å². The Morgan fingerprint density at radius 2 is 1.53 bits per heavy atom. The zero-order chi connectivity index (χ0) is 24.9. The average molecular weight is 480 g/mol. The van der Waals surface area contributed by atoms with Crippen molar-refractivity contribution in [3.8, 4) is 22.8 Å². The predicted molar refractivity (Wildman–Crippen MR) is 140 cm³/mol. The van der Waals surface area contributed by atoms with E-state index in [1.54, 1.807) is 4.68 Å². The predicted octanol–water partition coefficient (Wildman–Crippen LogP) is 5.19. The lowest BCUT2D eigenvalue weighted by atomic mass is 10.1. The fourth-order valence-electron chi connectivity index (χ4n) is 4.36. The van der Waals surface area contributed by atoms with Gasteiger partial charge in [0.15, 0.2) is 11.6 Å². The summed E-state index contributed by atoms with van der Waals surface area (Å²) in [6, 6.07) is 24.7. The number of piperidine rings is 1. The van der Waals surface area contributed by atoms with Crippen molar-refractivity contribution in [3.05, 3.63) is 90.0 Å². The summed E-state index contributed by atoms with van der Waals surface area (Å²) in [7, 11) is 0. The van der Waals surface area contributed by atoms with Crippen LogP contribution in [0.4, 0.5) is 5.69 Å². The molecule has 0 spiro atoms. The molecule has 0 unspecified atom stereocenters. The number of benzene rings is 3. The molecule has 5 rings (SSSR count). The molecule has 3 aromatic carbocycles. The average Bonchev–Trinajstić information content (AvgIpc) is 3.34. The number of carbonyl (C=O) groups is 2. The molecule has 7 heteroatoms. The van der Waals surface area contributed by atoms with Gasteiger partial charge in [0.1, 0.15) is 6.54 Å². The molecule has 36 heavy (non-hydrogen) atoms. The van der Waals surface area contributed by atoms with Gasteiger partial charge in [0.25, 0.3) is 5.91 Å². The van der Waals surface area contributed by atoms with Crippen molar-refractivity contribution in [1.29, 1.82) is 0 Å². The fourth-order valence-corrected chi connectivity index (χ4v) is 4.36. The lowest BCUT2D eigenvalue weighted by Crippen LogP contribution is -2.38. The maximum atomic E-state index is 13.0. The van der Waals surface area contributed by atoms with Crippen molar-refractivity contribution >= 4 is 17.5 Å². The third-order valence-corrected chi connectivity index (χ3v) is 6.41. The highest BCUT2D eigenvalue weighted by Gasteiger charge is 2.21. The van der Waals surface area contributed by atoms with E-state index in [1.807, 2.05) is 90.7 Å². The topological polar surface area (TPSA) is 80.1 Å². The molecule has 1 aliphatic heterocycles. The number of aryl methyl sites for hydroxylation is 1. The molecule has 182 valence electrons. The molecule has 0 radical (unpaired) electrons. The van der Waals surface area contributed by atoms with Crippen LogP contribution in [0.1, 0.15) is 35.2 Å². The second-order valence-corrected chi connectivity index (χ2v) is 9.12. The number of amides is 2. The number of rotatable bonds is 6. The van der Waals surface area contributed by atoms with Crippen LogP contribution in [-0.4, -0.2) is 44.6 Å². The van der Waals surface area contributed by atoms with Gasteiger partial charge in [-0.2, -0.15) is 0 Å². The first-order valence-electron chi connectivity index (χ1n) is 12.3. The van der Waals surface area contributed by atoms with Gasteiger partial charge >= 0.3 is 0 Å². The van der Waals surface area contributed by atoms with E-state index in [2.05, 4.69) is 5.32 Å². The number of nitrogens with zero attached hydrogens (tertiary/aromatic N) is 4. The van der Waals surface area contributed by atoms with Gasteiger partial charge in [-0.15, -0.1) is 5.10 Å². The SMILES string of the molecule is Cc1ccc(C(=O)Nc2ccc(-c3nc(-c4ccccc4)n(CC(=O)N4CCCCC4)n3)cc2)cc1. The van der Waals surface area contributed by atoms with E-state index in [0.29, 0.717) is 22.9 Å². The van der Waals surface area contributed by atoms with E-state index >= 15 is 0 Å². The summed E-state index contributed by atoms with van der Waals surface area (Å²) in [5.41, 5.74) is 4.12. The fraction of sp³-hybridized carbons (Fsp3) is 0.241. The van der Waals surface area contributed by atoms with Crippen LogP contribution >= 0.6 is 0 Å². The van der Waals surface area contributed by atoms with Gasteiger partial charge in [0, 0.05) is 35.5 Å². The maximum absolute atomic E-state index is 13.0. The van der Waals surface area contributed by atoms with Gasteiger partial charge in [-0.25, -0.2) is 9.67 Å². The monoisotopic (exact) mass is 479 g/mol. The Kier molecular flexibility index (Phi) is 6.89. The first-order chi connectivity index (χ1) is 17.6. The Balaban J connectivity index is 1.37. The molecule has 4 aromatic rings. The van der Waals surface area contributed by atoms with Crippen LogP contribution in [0, 0.1) is 6.92 Å². The maximum Gasteiger partial charge on any atom is 0.255 e. The first kappa shape index (κ1) is 23.5. The molecule has 1 aliphatic rings. The lowest BCUT2D eigenvalue weighted by molar-refractivity contribution is -0.132. The van der Waals surface area contributed by atoms with Crippen LogP contribution in [0.25, 0.3) is 22.8 Å². The van der Waals surface area contributed by atoms with Crippen LogP contribution < -0.4 is 5.32 Å². The molecule has 1 N–H and O–H groups in total. The summed E-state index contributed by atoms with van der Waals surface area (Å²) in [5.74, 6) is 1.11. The van der Waals surface area contributed by atoms with Crippen LogP contribution in [0.2, 0.25) is 0 Å². The summed E-state index contributed by atoms with van der Waals surface area (Å²) >= 11 is 0. The van der Waals surface area contributed by atoms with Crippen LogP contribution in [0.3, 0.4) is 0 Å². The highest BCUT2D eigenvalue weighted by molar-refractivity contribution is 6.04. The molecule has 0 atom stereocenters. The van der Waals surface area contributed by atoms with Crippen LogP contribution in [0.15, 0.2) is 78.9 Å². The zero-order valence-corrected chi connectivity index (χ0v) is 20.4. The standard InChI is InChI=1S/C29H29N5O2/c1-21-10-12-24(13-11-21)29(36)30-25-16-14-22(15-17-25)27-31-28(23-8-4-2-5-9-23)34(32-27)20-26(35)33-18-6-3-7-19-33/h2,4-5,8-17H,3,6-7,18-20H2,1H3,(H,30,36). The largest absolute Gasteiger partial charge is 0.341 e. The Morgan fingerprint density at radius 3 is 2.22 bits per heavy atom. The number of likely N-dealkylation sites (tertiary alicyclic amines) is 1. The number of hydrogen-bond donors (Lipinski definition) is 1.